The number of hydrogen-bond donors (Lipinski definition) is 2. The van der Waals surface area contributed by atoms with Crippen LogP contribution in [0.2, 0.25) is 0 Å². The van der Waals surface area contributed by atoms with Gasteiger partial charge in [-0.15, -0.1) is 0 Å². The van der Waals surface area contributed by atoms with Crippen LogP contribution in [0.4, 0.5) is 11.4 Å². The predicted octanol–water partition coefficient (Wildman–Crippen LogP) is 3.63. The maximum Gasteiger partial charge on any atom is 0.243 e. The van der Waals surface area contributed by atoms with Crippen LogP contribution in [-0.4, -0.2) is 25.7 Å². The van der Waals surface area contributed by atoms with Gasteiger partial charge in [-0.25, -0.2) is 0 Å². The number of fused-ring (bicyclic) bond motifs is 1. The molecule has 0 saturated carbocycles. The van der Waals surface area contributed by atoms with Crippen LogP contribution in [0.3, 0.4) is 0 Å². The van der Waals surface area contributed by atoms with Crippen molar-refractivity contribution < 1.29 is 14.3 Å². The second-order valence-corrected chi connectivity index (χ2v) is 6.00. The highest BCUT2D eigenvalue weighted by atomic mass is 16.6. The van der Waals surface area contributed by atoms with Crippen LogP contribution in [0.25, 0.3) is 0 Å². The Kier molecular flexibility index (Phi) is 4.89. The average molecular weight is 326 g/mol. The van der Waals surface area contributed by atoms with Crippen LogP contribution in [0.1, 0.15) is 25.3 Å². The summed E-state index contributed by atoms with van der Waals surface area (Å²) in [6.45, 7) is 5.56. The van der Waals surface area contributed by atoms with Crippen molar-refractivity contribution in [1.82, 2.24) is 0 Å². The predicted molar refractivity (Wildman–Crippen MR) is 95.1 cm³/mol. The first-order valence-electron chi connectivity index (χ1n) is 8.16. The third-order valence-corrected chi connectivity index (χ3v) is 3.85. The second kappa shape index (κ2) is 7.25. The number of ether oxygens (including phenoxy) is 2. The zero-order valence-corrected chi connectivity index (χ0v) is 14.0. The molecule has 0 fully saturated rings. The van der Waals surface area contributed by atoms with Gasteiger partial charge in [0.1, 0.15) is 13.2 Å². The van der Waals surface area contributed by atoms with Crippen molar-refractivity contribution in [2.24, 2.45) is 0 Å². The number of rotatable bonds is 5. The largest absolute Gasteiger partial charge is 0.486 e. The maximum atomic E-state index is 12.2. The number of anilines is 2. The molecule has 24 heavy (non-hydrogen) atoms. The molecule has 0 bridgehead atoms. The molecule has 0 saturated heterocycles. The lowest BCUT2D eigenvalue weighted by Crippen LogP contribution is -2.22. The first-order chi connectivity index (χ1) is 11.6. The second-order valence-electron chi connectivity index (χ2n) is 6.00. The van der Waals surface area contributed by atoms with Crippen molar-refractivity contribution in [3.8, 4) is 11.5 Å². The number of nitrogens with one attached hydrogen (secondary N) is 2. The van der Waals surface area contributed by atoms with E-state index in [9.17, 15) is 4.79 Å². The van der Waals surface area contributed by atoms with Gasteiger partial charge < -0.3 is 20.1 Å². The number of carbonyl (C=O) groups excluding carboxylic acids is 1. The molecular weight excluding hydrogens is 304 g/mol. The Morgan fingerprint density at radius 3 is 2.62 bits per heavy atom. The van der Waals surface area contributed by atoms with E-state index in [-0.39, 0.29) is 12.5 Å². The van der Waals surface area contributed by atoms with Crippen molar-refractivity contribution in [1.29, 1.82) is 0 Å². The topological polar surface area (TPSA) is 59.6 Å². The summed E-state index contributed by atoms with van der Waals surface area (Å²) in [6.07, 6.45) is 0. The van der Waals surface area contributed by atoms with Crippen molar-refractivity contribution in [3.63, 3.8) is 0 Å². The van der Waals surface area contributed by atoms with Crippen molar-refractivity contribution in [2.45, 2.75) is 19.8 Å². The number of carbonyl (C=O) groups is 1. The van der Waals surface area contributed by atoms with E-state index in [2.05, 4.69) is 30.5 Å². The van der Waals surface area contributed by atoms with E-state index in [4.69, 9.17) is 9.47 Å². The highest BCUT2D eigenvalue weighted by Crippen LogP contribution is 2.32. The van der Waals surface area contributed by atoms with Gasteiger partial charge in [-0.1, -0.05) is 32.0 Å². The standard InChI is InChI=1S/C19H22N2O3/c1-13(2)15-5-3-4-6-16(15)20-12-19(22)21-14-7-8-17-18(11-14)24-10-9-23-17/h3-8,11,13,20H,9-10,12H2,1-2H3,(H,21,22). The number of benzene rings is 2. The maximum absolute atomic E-state index is 12.2. The molecule has 0 spiro atoms. The highest BCUT2D eigenvalue weighted by molar-refractivity contribution is 5.94. The SMILES string of the molecule is CC(C)c1ccccc1NCC(=O)Nc1ccc2c(c1)OCCO2. The fourth-order valence-corrected chi connectivity index (χ4v) is 2.66. The summed E-state index contributed by atoms with van der Waals surface area (Å²) in [5.41, 5.74) is 2.89. The monoisotopic (exact) mass is 326 g/mol. The molecule has 0 aliphatic carbocycles. The zero-order valence-electron chi connectivity index (χ0n) is 14.0. The minimum absolute atomic E-state index is 0.106. The van der Waals surface area contributed by atoms with E-state index in [1.54, 1.807) is 6.07 Å². The molecule has 0 aromatic heterocycles. The van der Waals surface area contributed by atoms with Crippen molar-refractivity contribution in [3.05, 3.63) is 48.0 Å². The summed E-state index contributed by atoms with van der Waals surface area (Å²) < 4.78 is 11.0. The molecule has 126 valence electrons. The summed E-state index contributed by atoms with van der Waals surface area (Å²) in [4.78, 5) is 12.2. The van der Waals surface area contributed by atoms with Gasteiger partial charge in [0.25, 0.3) is 0 Å². The zero-order chi connectivity index (χ0) is 16.9. The third kappa shape index (κ3) is 3.79. The molecule has 0 radical (unpaired) electrons. The molecule has 2 aromatic carbocycles. The van der Waals surface area contributed by atoms with E-state index >= 15 is 0 Å². The molecule has 5 nitrogen and oxygen atoms in total. The van der Waals surface area contributed by atoms with Crippen LogP contribution >= 0.6 is 0 Å². The third-order valence-electron chi connectivity index (χ3n) is 3.85. The van der Waals surface area contributed by atoms with Gasteiger partial charge in [0.2, 0.25) is 5.91 Å². The lowest BCUT2D eigenvalue weighted by molar-refractivity contribution is -0.114. The van der Waals surface area contributed by atoms with Gasteiger partial charge in [0.05, 0.1) is 6.54 Å². The van der Waals surface area contributed by atoms with Gasteiger partial charge in [0.15, 0.2) is 11.5 Å². The lowest BCUT2D eigenvalue weighted by atomic mass is 10.0. The molecule has 1 aliphatic heterocycles. The van der Waals surface area contributed by atoms with Crippen LogP contribution < -0.4 is 20.1 Å². The Morgan fingerprint density at radius 2 is 1.83 bits per heavy atom. The van der Waals surface area contributed by atoms with Gasteiger partial charge in [-0.05, 0) is 29.7 Å². The minimum atomic E-state index is -0.106. The molecule has 1 heterocycles. The molecular formula is C19H22N2O3. The number of hydrogen-bond acceptors (Lipinski definition) is 4. The van der Waals surface area contributed by atoms with Gasteiger partial charge in [-0.2, -0.15) is 0 Å². The summed E-state index contributed by atoms with van der Waals surface area (Å²) in [6, 6.07) is 13.5. The van der Waals surface area contributed by atoms with Crippen LogP contribution in [-0.2, 0) is 4.79 Å². The van der Waals surface area contributed by atoms with Crippen molar-refractivity contribution >= 4 is 17.3 Å². The highest BCUT2D eigenvalue weighted by Gasteiger charge is 2.13. The number of para-hydroxylation sites is 1. The summed E-state index contributed by atoms with van der Waals surface area (Å²) in [7, 11) is 0. The fourth-order valence-electron chi connectivity index (χ4n) is 2.66. The average Bonchev–Trinajstić information content (AvgIpc) is 2.60. The van der Waals surface area contributed by atoms with Crippen LogP contribution in [0.15, 0.2) is 42.5 Å². The van der Waals surface area contributed by atoms with E-state index in [0.29, 0.717) is 36.3 Å². The Morgan fingerprint density at radius 1 is 1.08 bits per heavy atom. The Hall–Kier alpha value is -2.69. The summed E-state index contributed by atoms with van der Waals surface area (Å²) in [5, 5.41) is 6.08. The van der Waals surface area contributed by atoms with E-state index < -0.39 is 0 Å². The summed E-state index contributed by atoms with van der Waals surface area (Å²) in [5.74, 6) is 1.67. The molecule has 2 N–H and O–H groups in total. The molecule has 2 aromatic rings. The van der Waals surface area contributed by atoms with Gasteiger partial charge in [-0.3, -0.25) is 4.79 Å². The van der Waals surface area contributed by atoms with E-state index in [1.807, 2.05) is 30.3 Å². The quantitative estimate of drug-likeness (QED) is 0.881. The van der Waals surface area contributed by atoms with Crippen LogP contribution in [0, 0.1) is 0 Å². The van der Waals surface area contributed by atoms with E-state index in [1.165, 1.54) is 5.56 Å². The van der Waals surface area contributed by atoms with Gasteiger partial charge >= 0.3 is 0 Å². The molecule has 1 aliphatic rings. The van der Waals surface area contributed by atoms with E-state index in [0.717, 1.165) is 5.69 Å². The Balaban J connectivity index is 1.60. The minimum Gasteiger partial charge on any atom is -0.486 e. The molecule has 1 amide bonds. The first-order valence-corrected chi connectivity index (χ1v) is 8.16. The molecule has 5 heteroatoms. The first kappa shape index (κ1) is 16.2. The summed E-state index contributed by atoms with van der Waals surface area (Å²) >= 11 is 0. The van der Waals surface area contributed by atoms with Crippen molar-refractivity contribution in [2.75, 3.05) is 30.4 Å². The lowest BCUT2D eigenvalue weighted by Gasteiger charge is -2.19. The Labute approximate surface area is 142 Å². The molecule has 0 unspecified atom stereocenters. The smallest absolute Gasteiger partial charge is 0.243 e. The van der Waals surface area contributed by atoms with Crippen LogP contribution in [0.5, 0.6) is 11.5 Å². The Bertz CT molecular complexity index is 728. The molecule has 0 atom stereocenters. The fraction of sp³-hybridized carbons (Fsp3) is 0.316. The normalized spacial score (nSPS) is 12.8. The van der Waals surface area contributed by atoms with Gasteiger partial charge in [0, 0.05) is 17.4 Å². The number of amides is 1. The molecule has 3 rings (SSSR count).